The van der Waals surface area contributed by atoms with Crippen LogP contribution in [0.1, 0.15) is 85.5 Å². The fourth-order valence-electron chi connectivity index (χ4n) is 13.2. The minimum Gasteiger partial charge on any atom is -0.462 e. The molecule has 0 bridgehead atoms. The third kappa shape index (κ3) is 8.09. The minimum absolute atomic E-state index is 0.0198. The van der Waals surface area contributed by atoms with Crippen LogP contribution < -0.4 is 4.90 Å². The topological polar surface area (TPSA) is 130 Å². The lowest BCUT2D eigenvalue weighted by atomic mass is 9.66. The lowest BCUT2D eigenvalue weighted by molar-refractivity contribution is -0.314. The standard InChI is InChI=1S/C49H71N3O10/c1-10-30-12-11-13-39(62-41-17-16-38(51(5)6)26(3)58-41)25(2)45(54)36-23-33-32-21-31(61-49-48(57-9)47(56-8)46(55-7)27(4)59-49)22-35(32)43-44(42(33)34(36)24-40(53)60-30)52(43)29-15-14-28-18-19-50-37(28)20-29/h14-15,18-20,23,25-27,30-35,38-39,41-44,46-50H,10-13,16-17,21-22,24H2,1-9H3/t25-,26?,27?,30+,31+,32+,33+,34-,35-,38+,39+,41+,42-,43+,44-,46+,47?,48+,49+,52?/m1/s1. The van der Waals surface area contributed by atoms with Crippen molar-refractivity contribution in [2.45, 2.75) is 165 Å². The first-order valence-electron chi connectivity index (χ1n) is 23.6. The maximum Gasteiger partial charge on any atom is 0.306 e. The number of anilines is 1. The molecule has 1 aromatic heterocycles. The lowest BCUT2D eigenvalue weighted by Gasteiger charge is -2.44. The summed E-state index contributed by atoms with van der Waals surface area (Å²) in [6.07, 6.45) is 7.93. The number of H-pyrrole nitrogens is 1. The Morgan fingerprint density at radius 1 is 0.855 bits per heavy atom. The van der Waals surface area contributed by atoms with Crippen molar-refractivity contribution in [2.75, 3.05) is 40.3 Å². The smallest absolute Gasteiger partial charge is 0.306 e. The number of aromatic nitrogens is 1. The SMILES string of the molecule is CC[C@H]1CCC[C@H](O[C@H]2CC[C@H](N(C)C)C(C)O2)[C@@H](C)C(=O)C2=C[C@H]3[C@@H]4C[C@H](O[C@@H]5OC(C)[C@H](OC)C(OC)[C@@H]5OC)C[C@H]4[C@H]4[C@@H]([C@H]3[C@@H]2CC(=O)O1)N4c1ccc2cc[nH]c2c1. The Morgan fingerprint density at radius 2 is 1.63 bits per heavy atom. The molecule has 6 fully saturated rings. The van der Waals surface area contributed by atoms with Gasteiger partial charge in [-0.3, -0.25) is 9.59 Å². The second-order valence-corrected chi connectivity index (χ2v) is 19.8. The van der Waals surface area contributed by atoms with Gasteiger partial charge in [0.1, 0.15) is 24.4 Å². The average Bonchev–Trinajstić information content (AvgIpc) is 3.52. The molecule has 7 aliphatic rings. The van der Waals surface area contributed by atoms with Gasteiger partial charge in [0.05, 0.1) is 42.9 Å². The molecule has 62 heavy (non-hydrogen) atoms. The number of carbonyl (C=O) groups excluding carboxylic acids is 2. The number of methoxy groups -OCH3 is 3. The van der Waals surface area contributed by atoms with E-state index in [9.17, 15) is 4.79 Å². The van der Waals surface area contributed by atoms with E-state index in [0.29, 0.717) is 18.4 Å². The molecule has 9 rings (SSSR count). The summed E-state index contributed by atoms with van der Waals surface area (Å²) in [6.45, 7) is 8.24. The van der Waals surface area contributed by atoms with Crippen LogP contribution in [-0.4, -0.2) is 137 Å². The number of ether oxygens (including phenoxy) is 8. The number of esters is 1. The average molecular weight is 862 g/mol. The van der Waals surface area contributed by atoms with E-state index in [1.165, 1.54) is 5.39 Å². The molecule has 3 aliphatic carbocycles. The Labute approximate surface area is 367 Å². The molecule has 13 heteroatoms. The minimum atomic E-state index is -0.629. The van der Waals surface area contributed by atoms with Gasteiger partial charge in [-0.1, -0.05) is 26.0 Å². The molecule has 4 aliphatic heterocycles. The van der Waals surface area contributed by atoms with Crippen LogP contribution in [0.3, 0.4) is 0 Å². The van der Waals surface area contributed by atoms with Gasteiger partial charge in [-0.15, -0.1) is 0 Å². The summed E-state index contributed by atoms with van der Waals surface area (Å²) in [6, 6.07) is 9.49. The van der Waals surface area contributed by atoms with Crippen molar-refractivity contribution in [2.24, 2.45) is 35.5 Å². The van der Waals surface area contributed by atoms with E-state index in [0.717, 1.165) is 61.7 Å². The normalized spacial score (nSPS) is 43.5. The summed E-state index contributed by atoms with van der Waals surface area (Å²) in [5.74, 6) is -0.0831. The van der Waals surface area contributed by atoms with Gasteiger partial charge >= 0.3 is 5.97 Å². The van der Waals surface area contributed by atoms with Gasteiger partial charge in [0.2, 0.25) is 0 Å². The van der Waals surface area contributed by atoms with E-state index in [4.69, 9.17) is 37.9 Å². The second-order valence-electron chi connectivity index (χ2n) is 19.8. The van der Waals surface area contributed by atoms with Crippen LogP contribution in [0, 0.1) is 35.5 Å². The zero-order chi connectivity index (χ0) is 43.6. The van der Waals surface area contributed by atoms with Gasteiger partial charge < -0.3 is 52.7 Å². The number of cyclic esters (lactones) is 1. The number of likely N-dealkylation sites (N-methyl/N-ethyl adjacent to an activating group) is 1. The monoisotopic (exact) mass is 862 g/mol. The quantitative estimate of drug-likeness (QED) is 0.202. The summed E-state index contributed by atoms with van der Waals surface area (Å²) in [5, 5.41) is 1.17. The third-order valence-corrected chi connectivity index (χ3v) is 16.2. The highest BCUT2D eigenvalue weighted by Crippen LogP contribution is 2.65. The Bertz CT molecular complexity index is 1940. The first-order valence-corrected chi connectivity index (χ1v) is 23.6. The fourth-order valence-corrected chi connectivity index (χ4v) is 13.2. The fraction of sp³-hybridized carbons (Fsp3) is 0.755. The van der Waals surface area contributed by atoms with E-state index in [-0.39, 0.29) is 103 Å². The molecule has 1 aromatic carbocycles. The maximum absolute atomic E-state index is 15.2. The van der Waals surface area contributed by atoms with Crippen molar-refractivity contribution in [1.29, 1.82) is 0 Å². The second kappa shape index (κ2) is 18.2. The summed E-state index contributed by atoms with van der Waals surface area (Å²) in [4.78, 5) is 37.6. The van der Waals surface area contributed by atoms with Crippen molar-refractivity contribution in [3.8, 4) is 0 Å². The number of rotatable bonds is 10. The molecule has 0 spiro atoms. The van der Waals surface area contributed by atoms with Gasteiger partial charge in [0.15, 0.2) is 18.4 Å². The highest BCUT2D eigenvalue weighted by atomic mass is 16.7. The zero-order valence-electron chi connectivity index (χ0n) is 38.3. The zero-order valence-corrected chi connectivity index (χ0v) is 38.3. The van der Waals surface area contributed by atoms with E-state index in [1.54, 1.807) is 21.3 Å². The lowest BCUT2D eigenvalue weighted by Crippen LogP contribution is -2.59. The van der Waals surface area contributed by atoms with Crippen LogP contribution in [0.5, 0.6) is 0 Å². The molecule has 5 heterocycles. The van der Waals surface area contributed by atoms with Crippen LogP contribution in [0.4, 0.5) is 5.69 Å². The summed E-state index contributed by atoms with van der Waals surface area (Å²) >= 11 is 0. The largest absolute Gasteiger partial charge is 0.462 e. The van der Waals surface area contributed by atoms with Crippen molar-refractivity contribution < 1.29 is 47.5 Å². The highest BCUT2D eigenvalue weighted by Gasteiger charge is 2.69. The molecule has 342 valence electrons. The van der Waals surface area contributed by atoms with Gasteiger partial charge in [0, 0.05) is 56.6 Å². The molecular formula is C49H71N3O10. The molecule has 2 aromatic rings. The van der Waals surface area contributed by atoms with Crippen molar-refractivity contribution in [3.05, 3.63) is 42.1 Å². The first kappa shape index (κ1) is 44.3. The summed E-state index contributed by atoms with van der Waals surface area (Å²) in [7, 11) is 9.22. The molecule has 4 saturated heterocycles. The van der Waals surface area contributed by atoms with Crippen LogP contribution in [0.15, 0.2) is 42.1 Å². The van der Waals surface area contributed by atoms with Gasteiger partial charge in [-0.05, 0) is 132 Å². The Balaban J connectivity index is 1.04. The number of benzene rings is 1. The number of fused-ring (bicyclic) bond motifs is 9. The molecule has 13 nitrogen and oxygen atoms in total. The predicted molar refractivity (Wildman–Crippen MR) is 233 cm³/mol. The highest BCUT2D eigenvalue weighted by molar-refractivity contribution is 5.99. The first-order chi connectivity index (χ1) is 29.9. The van der Waals surface area contributed by atoms with E-state index < -0.39 is 18.3 Å². The van der Waals surface area contributed by atoms with Crippen molar-refractivity contribution >= 4 is 28.3 Å². The van der Waals surface area contributed by atoms with E-state index in [2.05, 4.69) is 73.1 Å². The number of ketones is 1. The number of hydrogen-bond acceptors (Lipinski definition) is 12. The number of Topliss-reactive ketones (excluding diaryl/α,β-unsaturated/α-hetero) is 1. The van der Waals surface area contributed by atoms with E-state index in [1.807, 2.05) is 20.0 Å². The number of carbonyl (C=O) groups is 2. The Kier molecular flexibility index (Phi) is 13.0. The molecule has 3 unspecified atom stereocenters. The van der Waals surface area contributed by atoms with Gasteiger partial charge in [-0.25, -0.2) is 0 Å². The molecule has 2 saturated carbocycles. The number of nitrogens with one attached hydrogen (secondary N) is 1. The summed E-state index contributed by atoms with van der Waals surface area (Å²) in [5.41, 5.74) is 3.04. The molecule has 1 N–H and O–H groups in total. The maximum atomic E-state index is 15.2. The number of aromatic amines is 1. The van der Waals surface area contributed by atoms with Crippen molar-refractivity contribution in [3.63, 3.8) is 0 Å². The number of allylic oxidation sites excluding steroid dienone is 2. The van der Waals surface area contributed by atoms with Gasteiger partial charge in [-0.2, -0.15) is 0 Å². The van der Waals surface area contributed by atoms with E-state index >= 15 is 4.79 Å². The molecular weight excluding hydrogens is 791 g/mol. The van der Waals surface area contributed by atoms with Crippen LogP contribution >= 0.6 is 0 Å². The van der Waals surface area contributed by atoms with Crippen LogP contribution in [0.2, 0.25) is 0 Å². The van der Waals surface area contributed by atoms with Crippen LogP contribution in [0.25, 0.3) is 10.9 Å². The Hall–Kier alpha value is -2.88. The molecule has 19 atom stereocenters. The molecule has 0 amide bonds. The van der Waals surface area contributed by atoms with Crippen LogP contribution in [-0.2, 0) is 47.5 Å². The van der Waals surface area contributed by atoms with Gasteiger partial charge in [0.25, 0.3) is 0 Å². The van der Waals surface area contributed by atoms with Crippen molar-refractivity contribution in [1.82, 2.24) is 9.88 Å². The number of hydrogen-bond donors (Lipinski definition) is 1. The number of nitrogens with zero attached hydrogens (tertiary/aromatic N) is 2. The summed E-state index contributed by atoms with van der Waals surface area (Å²) < 4.78 is 50.8. The third-order valence-electron chi connectivity index (χ3n) is 16.2. The predicted octanol–water partition coefficient (Wildman–Crippen LogP) is 6.67. The Morgan fingerprint density at radius 3 is 2.35 bits per heavy atom. The molecule has 0 radical (unpaired) electrons.